The van der Waals surface area contributed by atoms with Gasteiger partial charge in [0.15, 0.2) is 5.96 Å². The van der Waals surface area contributed by atoms with Crippen molar-refractivity contribution >= 4 is 57.0 Å². The Morgan fingerprint density at radius 1 is 1.19 bits per heavy atom. The minimum Gasteiger partial charge on any atom is -0.352 e. The van der Waals surface area contributed by atoms with Crippen molar-refractivity contribution in [3.05, 3.63) is 45.4 Å². The van der Waals surface area contributed by atoms with E-state index in [9.17, 15) is 8.42 Å². The van der Waals surface area contributed by atoms with Crippen molar-refractivity contribution in [3.8, 4) is 0 Å². The van der Waals surface area contributed by atoms with Crippen LogP contribution in [0.15, 0.2) is 29.3 Å². The zero-order chi connectivity index (χ0) is 18.4. The second-order valence-corrected chi connectivity index (χ2v) is 8.59. The minimum absolute atomic E-state index is 0. The SMILES string of the molecule is CN=C(NCc1ccccc1NS(C)(=O)=O)NCc1sc(C)nc1C.I. The molecule has 0 bridgehead atoms. The molecule has 3 N–H and O–H groups in total. The fourth-order valence-corrected chi connectivity index (χ4v) is 3.75. The van der Waals surface area contributed by atoms with Gasteiger partial charge in [-0.3, -0.25) is 9.71 Å². The standard InChI is InChI=1S/C16H23N5O2S2.HI/c1-11-15(24-12(2)20-11)10-19-16(17-3)18-9-13-7-5-6-8-14(13)21-25(4,22)23;/h5-8,21H,9-10H2,1-4H3,(H2,17,18,19);1H. The van der Waals surface area contributed by atoms with Gasteiger partial charge in [0.05, 0.1) is 29.2 Å². The summed E-state index contributed by atoms with van der Waals surface area (Å²) in [5.41, 5.74) is 2.41. The number of aryl methyl sites for hydroxylation is 2. The molecular weight excluding hydrogens is 485 g/mol. The van der Waals surface area contributed by atoms with Crippen LogP contribution in [0, 0.1) is 13.8 Å². The Morgan fingerprint density at radius 3 is 2.42 bits per heavy atom. The summed E-state index contributed by atoms with van der Waals surface area (Å²) in [6.07, 6.45) is 1.14. The van der Waals surface area contributed by atoms with Crippen molar-refractivity contribution in [2.45, 2.75) is 26.9 Å². The monoisotopic (exact) mass is 509 g/mol. The van der Waals surface area contributed by atoms with E-state index < -0.39 is 10.0 Å². The number of aliphatic imine (C=N–C) groups is 1. The lowest BCUT2D eigenvalue weighted by molar-refractivity contribution is 0.606. The molecule has 0 aliphatic carbocycles. The van der Waals surface area contributed by atoms with Crippen LogP contribution in [0.25, 0.3) is 0 Å². The number of para-hydroxylation sites is 1. The molecule has 1 aromatic carbocycles. The van der Waals surface area contributed by atoms with Gasteiger partial charge >= 0.3 is 0 Å². The van der Waals surface area contributed by atoms with Crippen LogP contribution in [-0.2, 0) is 23.1 Å². The van der Waals surface area contributed by atoms with Crippen molar-refractivity contribution < 1.29 is 8.42 Å². The summed E-state index contributed by atoms with van der Waals surface area (Å²) < 4.78 is 25.5. The van der Waals surface area contributed by atoms with Crippen LogP contribution in [0.4, 0.5) is 5.69 Å². The van der Waals surface area contributed by atoms with Crippen LogP contribution in [0.5, 0.6) is 0 Å². The third-order valence-electron chi connectivity index (χ3n) is 3.40. The molecular formula is C16H24IN5O2S2. The number of benzene rings is 1. The van der Waals surface area contributed by atoms with E-state index in [2.05, 4.69) is 25.3 Å². The predicted molar refractivity (Wildman–Crippen MR) is 119 cm³/mol. The Bertz CT molecular complexity index is 865. The number of thiazole rings is 1. The van der Waals surface area contributed by atoms with Gasteiger partial charge in [0.25, 0.3) is 0 Å². The smallest absolute Gasteiger partial charge is 0.229 e. The molecule has 1 aromatic heterocycles. The predicted octanol–water partition coefficient (Wildman–Crippen LogP) is 2.61. The number of guanidine groups is 1. The Morgan fingerprint density at radius 2 is 1.85 bits per heavy atom. The largest absolute Gasteiger partial charge is 0.352 e. The zero-order valence-electron chi connectivity index (χ0n) is 15.2. The molecule has 2 rings (SSSR count). The van der Waals surface area contributed by atoms with Crippen LogP contribution in [0.1, 0.15) is 21.1 Å². The summed E-state index contributed by atoms with van der Waals surface area (Å²) in [5.74, 6) is 0.639. The van der Waals surface area contributed by atoms with Gasteiger partial charge in [-0.2, -0.15) is 0 Å². The highest BCUT2D eigenvalue weighted by Gasteiger charge is 2.09. The van der Waals surface area contributed by atoms with Gasteiger partial charge in [0.2, 0.25) is 10.0 Å². The molecule has 0 unspecified atom stereocenters. The number of anilines is 1. The zero-order valence-corrected chi connectivity index (χ0v) is 19.1. The third-order valence-corrected chi connectivity index (χ3v) is 5.06. The van der Waals surface area contributed by atoms with Gasteiger partial charge in [0.1, 0.15) is 0 Å². The molecule has 0 radical (unpaired) electrons. The number of aromatic nitrogens is 1. The lowest BCUT2D eigenvalue weighted by Crippen LogP contribution is -2.36. The molecule has 7 nitrogen and oxygen atoms in total. The van der Waals surface area contributed by atoms with Crippen molar-refractivity contribution in [1.82, 2.24) is 15.6 Å². The Kier molecular flexibility index (Phi) is 8.77. The molecule has 0 aliphatic rings. The summed E-state index contributed by atoms with van der Waals surface area (Å²) in [5, 5.41) is 7.48. The average Bonchev–Trinajstić information content (AvgIpc) is 2.85. The number of rotatable bonds is 6. The summed E-state index contributed by atoms with van der Waals surface area (Å²) in [6.45, 7) is 5.06. The van der Waals surface area contributed by atoms with E-state index in [1.807, 2.05) is 26.0 Å². The van der Waals surface area contributed by atoms with E-state index in [4.69, 9.17) is 0 Å². The fraction of sp³-hybridized carbons (Fsp3) is 0.375. The summed E-state index contributed by atoms with van der Waals surface area (Å²) in [4.78, 5) is 9.77. The third kappa shape index (κ3) is 7.08. The number of hydrogen-bond acceptors (Lipinski definition) is 5. The first-order chi connectivity index (χ1) is 11.8. The molecule has 0 fully saturated rings. The number of halogens is 1. The minimum atomic E-state index is -3.32. The second-order valence-electron chi connectivity index (χ2n) is 5.55. The molecule has 0 atom stereocenters. The summed E-state index contributed by atoms with van der Waals surface area (Å²) >= 11 is 1.66. The van der Waals surface area contributed by atoms with E-state index in [1.54, 1.807) is 30.5 Å². The Hall–Kier alpha value is -1.40. The highest BCUT2D eigenvalue weighted by atomic mass is 127. The molecule has 0 spiro atoms. The van der Waals surface area contributed by atoms with Crippen molar-refractivity contribution in [2.24, 2.45) is 4.99 Å². The van der Waals surface area contributed by atoms with Crippen molar-refractivity contribution in [1.29, 1.82) is 0 Å². The molecule has 0 saturated heterocycles. The molecule has 0 aliphatic heterocycles. The fourth-order valence-electron chi connectivity index (χ4n) is 2.27. The maximum absolute atomic E-state index is 11.5. The molecule has 2 aromatic rings. The molecule has 1 heterocycles. The number of nitrogens with zero attached hydrogens (tertiary/aromatic N) is 2. The topological polar surface area (TPSA) is 95.5 Å². The summed E-state index contributed by atoms with van der Waals surface area (Å²) in [6, 6.07) is 7.26. The van der Waals surface area contributed by atoms with E-state index in [1.165, 1.54) is 4.88 Å². The van der Waals surface area contributed by atoms with Crippen LogP contribution in [-0.4, -0.2) is 32.7 Å². The highest BCUT2D eigenvalue weighted by molar-refractivity contribution is 14.0. The molecule has 26 heavy (non-hydrogen) atoms. The normalized spacial score (nSPS) is 11.6. The van der Waals surface area contributed by atoms with Crippen LogP contribution in [0.3, 0.4) is 0 Å². The van der Waals surface area contributed by atoms with Gasteiger partial charge in [-0.25, -0.2) is 13.4 Å². The van der Waals surface area contributed by atoms with Crippen molar-refractivity contribution in [2.75, 3.05) is 18.0 Å². The van der Waals surface area contributed by atoms with Crippen LogP contribution in [0.2, 0.25) is 0 Å². The molecule has 10 heteroatoms. The first-order valence-corrected chi connectivity index (χ1v) is 10.4. The number of sulfonamides is 1. The van der Waals surface area contributed by atoms with Crippen LogP contribution >= 0.6 is 35.3 Å². The van der Waals surface area contributed by atoms with Gasteiger partial charge in [-0.15, -0.1) is 35.3 Å². The van der Waals surface area contributed by atoms with Crippen molar-refractivity contribution in [3.63, 3.8) is 0 Å². The molecule has 0 saturated carbocycles. The maximum Gasteiger partial charge on any atom is 0.229 e. The van der Waals surface area contributed by atoms with E-state index in [-0.39, 0.29) is 24.0 Å². The second kappa shape index (κ2) is 10.1. The van der Waals surface area contributed by atoms with E-state index in [0.29, 0.717) is 24.7 Å². The molecule has 0 amide bonds. The van der Waals surface area contributed by atoms with Gasteiger partial charge in [-0.1, -0.05) is 18.2 Å². The Labute approximate surface area is 175 Å². The maximum atomic E-state index is 11.5. The van der Waals surface area contributed by atoms with E-state index in [0.717, 1.165) is 22.5 Å². The summed E-state index contributed by atoms with van der Waals surface area (Å²) in [7, 11) is -1.63. The van der Waals surface area contributed by atoms with Gasteiger partial charge < -0.3 is 10.6 Å². The van der Waals surface area contributed by atoms with Gasteiger partial charge in [-0.05, 0) is 25.5 Å². The first-order valence-electron chi connectivity index (χ1n) is 7.71. The first kappa shape index (κ1) is 22.6. The lowest BCUT2D eigenvalue weighted by Gasteiger charge is -2.14. The van der Waals surface area contributed by atoms with Gasteiger partial charge in [0, 0.05) is 18.5 Å². The average molecular weight is 509 g/mol. The molecule has 144 valence electrons. The van der Waals surface area contributed by atoms with E-state index >= 15 is 0 Å². The highest BCUT2D eigenvalue weighted by Crippen LogP contribution is 2.17. The Balaban J connectivity index is 0.00000338. The number of nitrogens with one attached hydrogen (secondary N) is 3. The van der Waals surface area contributed by atoms with Crippen LogP contribution < -0.4 is 15.4 Å². The number of hydrogen-bond donors (Lipinski definition) is 3. The quantitative estimate of drug-likeness (QED) is 0.316. The lowest BCUT2D eigenvalue weighted by atomic mass is 10.2.